The number of benzene rings is 2. The van der Waals surface area contributed by atoms with Gasteiger partial charge in [0.05, 0.1) is 11.4 Å². The summed E-state index contributed by atoms with van der Waals surface area (Å²) in [4.78, 5) is 23.6. The van der Waals surface area contributed by atoms with E-state index in [1.165, 1.54) is 6.92 Å². The first-order valence-corrected chi connectivity index (χ1v) is 8.56. The first-order valence-electron chi connectivity index (χ1n) is 8.18. The second-order valence-electron chi connectivity index (χ2n) is 6.04. The minimum Gasteiger partial charge on any atom is -0.486 e. The van der Waals surface area contributed by atoms with Gasteiger partial charge in [-0.1, -0.05) is 17.7 Å². The lowest BCUT2D eigenvalue weighted by Gasteiger charge is -2.20. The van der Waals surface area contributed by atoms with E-state index >= 15 is 0 Å². The summed E-state index contributed by atoms with van der Waals surface area (Å²) in [7, 11) is 0. The van der Waals surface area contributed by atoms with Gasteiger partial charge in [-0.25, -0.2) is 0 Å². The highest BCUT2D eigenvalue weighted by Crippen LogP contribution is 2.38. The fourth-order valence-corrected chi connectivity index (χ4v) is 2.97. The lowest BCUT2D eigenvalue weighted by atomic mass is 10.1. The number of hydrogen-bond donors (Lipinski definition) is 2. The van der Waals surface area contributed by atoms with Gasteiger partial charge in [0.15, 0.2) is 11.5 Å². The van der Waals surface area contributed by atoms with E-state index in [0.29, 0.717) is 41.1 Å². The summed E-state index contributed by atoms with van der Waals surface area (Å²) in [5.41, 5.74) is 2.91. The van der Waals surface area contributed by atoms with Gasteiger partial charge in [0.2, 0.25) is 11.8 Å². The van der Waals surface area contributed by atoms with E-state index in [0.717, 1.165) is 11.1 Å². The Balaban J connectivity index is 1.71. The van der Waals surface area contributed by atoms with E-state index in [9.17, 15) is 9.59 Å². The van der Waals surface area contributed by atoms with Gasteiger partial charge in [-0.2, -0.15) is 0 Å². The van der Waals surface area contributed by atoms with Gasteiger partial charge in [0.1, 0.15) is 13.2 Å². The number of carbonyl (C=O) groups is 2. The molecule has 136 valence electrons. The van der Waals surface area contributed by atoms with Gasteiger partial charge >= 0.3 is 0 Å². The normalized spacial score (nSPS) is 12.4. The van der Waals surface area contributed by atoms with Crippen LogP contribution in [-0.4, -0.2) is 25.0 Å². The number of ether oxygens (including phenoxy) is 2. The molecule has 0 saturated carbocycles. The summed E-state index contributed by atoms with van der Waals surface area (Å²) in [5.74, 6) is 0.702. The molecule has 2 aromatic carbocycles. The first kappa shape index (κ1) is 18.1. The Bertz CT molecular complexity index is 867. The van der Waals surface area contributed by atoms with Gasteiger partial charge in [-0.05, 0) is 42.3 Å². The molecule has 3 rings (SSSR count). The molecular weight excluding hydrogens is 356 g/mol. The zero-order valence-corrected chi connectivity index (χ0v) is 15.3. The molecule has 0 radical (unpaired) electrons. The standard InChI is InChI=1S/C19H19ClN2O4/c1-11-3-4-14(10-16(11)21-12(2)23)22-18(24)9-13-7-15(20)19-17(8-13)25-5-6-26-19/h3-4,7-8,10H,5-6,9H2,1-2H3,(H,21,23)(H,22,24). The minimum atomic E-state index is -0.199. The lowest BCUT2D eigenvalue weighted by molar-refractivity contribution is -0.115. The first-order chi connectivity index (χ1) is 12.4. The molecule has 7 heteroatoms. The van der Waals surface area contributed by atoms with E-state index in [-0.39, 0.29) is 18.2 Å². The molecule has 1 aliphatic heterocycles. The molecule has 2 aromatic rings. The number of hydrogen-bond acceptors (Lipinski definition) is 4. The van der Waals surface area contributed by atoms with Crippen LogP contribution in [0.15, 0.2) is 30.3 Å². The molecule has 1 aliphatic rings. The number of rotatable bonds is 4. The van der Waals surface area contributed by atoms with Crippen molar-refractivity contribution >= 4 is 34.8 Å². The molecule has 0 bridgehead atoms. The maximum atomic E-state index is 12.4. The third kappa shape index (κ3) is 4.26. The zero-order chi connectivity index (χ0) is 18.7. The molecule has 2 amide bonds. The summed E-state index contributed by atoms with van der Waals surface area (Å²) < 4.78 is 11.0. The number of carbonyl (C=O) groups excluding carboxylic acids is 2. The van der Waals surface area contributed by atoms with Crippen molar-refractivity contribution in [2.45, 2.75) is 20.3 Å². The van der Waals surface area contributed by atoms with Crippen LogP contribution in [0.4, 0.5) is 11.4 Å². The van der Waals surface area contributed by atoms with Crippen LogP contribution >= 0.6 is 11.6 Å². The van der Waals surface area contributed by atoms with Crippen LogP contribution in [0.5, 0.6) is 11.5 Å². The number of nitrogens with one attached hydrogen (secondary N) is 2. The van der Waals surface area contributed by atoms with Crippen molar-refractivity contribution < 1.29 is 19.1 Å². The monoisotopic (exact) mass is 374 g/mol. The topological polar surface area (TPSA) is 76.7 Å². The number of fused-ring (bicyclic) bond motifs is 1. The highest BCUT2D eigenvalue weighted by molar-refractivity contribution is 6.32. The van der Waals surface area contributed by atoms with Crippen LogP contribution < -0.4 is 20.1 Å². The SMILES string of the molecule is CC(=O)Nc1cc(NC(=O)Cc2cc(Cl)c3c(c2)OCCO3)ccc1C. The zero-order valence-electron chi connectivity index (χ0n) is 14.5. The number of halogens is 1. The maximum Gasteiger partial charge on any atom is 0.228 e. The van der Waals surface area contributed by atoms with Crippen LogP contribution in [0, 0.1) is 6.92 Å². The predicted molar refractivity (Wildman–Crippen MR) is 100 cm³/mol. The van der Waals surface area contributed by atoms with E-state index in [1.807, 2.05) is 13.0 Å². The Morgan fingerprint density at radius 1 is 1.12 bits per heavy atom. The molecule has 0 fully saturated rings. The van der Waals surface area contributed by atoms with E-state index in [1.54, 1.807) is 24.3 Å². The second-order valence-corrected chi connectivity index (χ2v) is 6.44. The highest BCUT2D eigenvalue weighted by atomic mass is 35.5. The number of anilines is 2. The minimum absolute atomic E-state index is 0.139. The van der Waals surface area contributed by atoms with E-state index in [2.05, 4.69) is 10.6 Å². The quantitative estimate of drug-likeness (QED) is 0.857. The number of amides is 2. The molecule has 0 aromatic heterocycles. The maximum absolute atomic E-state index is 12.4. The van der Waals surface area contributed by atoms with Gasteiger partial charge in [-0.3, -0.25) is 9.59 Å². The summed E-state index contributed by atoms with van der Waals surface area (Å²) in [6.07, 6.45) is 0.139. The molecule has 0 atom stereocenters. The van der Waals surface area contributed by atoms with Crippen LogP contribution in [-0.2, 0) is 16.0 Å². The van der Waals surface area contributed by atoms with Crippen LogP contribution in [0.1, 0.15) is 18.1 Å². The average molecular weight is 375 g/mol. The van der Waals surface area contributed by atoms with Gasteiger partial charge in [0.25, 0.3) is 0 Å². The van der Waals surface area contributed by atoms with Crippen molar-refractivity contribution in [3.05, 3.63) is 46.5 Å². The predicted octanol–water partition coefficient (Wildman–Crippen LogP) is 3.56. The van der Waals surface area contributed by atoms with Crippen LogP contribution in [0.3, 0.4) is 0 Å². The summed E-state index contributed by atoms with van der Waals surface area (Å²) in [6.45, 7) is 4.23. The van der Waals surface area contributed by atoms with Crippen molar-refractivity contribution in [1.82, 2.24) is 0 Å². The molecule has 0 unspecified atom stereocenters. The fourth-order valence-electron chi connectivity index (χ4n) is 2.68. The molecule has 26 heavy (non-hydrogen) atoms. The molecule has 0 spiro atoms. The smallest absolute Gasteiger partial charge is 0.228 e. The number of aryl methyl sites for hydroxylation is 1. The van der Waals surface area contributed by atoms with Crippen LogP contribution in [0.2, 0.25) is 5.02 Å². The Morgan fingerprint density at radius 2 is 1.88 bits per heavy atom. The van der Waals surface area contributed by atoms with Crippen molar-refractivity contribution in [2.24, 2.45) is 0 Å². The van der Waals surface area contributed by atoms with Crippen molar-refractivity contribution in [3.8, 4) is 11.5 Å². The molecular formula is C19H19ClN2O4. The van der Waals surface area contributed by atoms with Gasteiger partial charge < -0.3 is 20.1 Å². The second kappa shape index (κ2) is 7.66. The molecule has 0 saturated heterocycles. The largest absolute Gasteiger partial charge is 0.486 e. The van der Waals surface area contributed by atoms with Gasteiger partial charge in [0, 0.05) is 18.3 Å². The van der Waals surface area contributed by atoms with Gasteiger partial charge in [-0.15, -0.1) is 0 Å². The third-order valence-electron chi connectivity index (χ3n) is 3.85. The molecule has 2 N–H and O–H groups in total. The highest BCUT2D eigenvalue weighted by Gasteiger charge is 2.17. The lowest BCUT2D eigenvalue weighted by Crippen LogP contribution is -2.17. The van der Waals surface area contributed by atoms with E-state index < -0.39 is 0 Å². The average Bonchev–Trinajstić information content (AvgIpc) is 2.57. The molecule has 1 heterocycles. The fraction of sp³-hybridized carbons (Fsp3) is 0.263. The molecule has 0 aliphatic carbocycles. The van der Waals surface area contributed by atoms with Crippen molar-refractivity contribution in [2.75, 3.05) is 23.8 Å². The van der Waals surface area contributed by atoms with Crippen LogP contribution in [0.25, 0.3) is 0 Å². The Kier molecular flexibility index (Phi) is 5.32. The van der Waals surface area contributed by atoms with Crippen molar-refractivity contribution in [1.29, 1.82) is 0 Å². The summed E-state index contributed by atoms with van der Waals surface area (Å²) in [6, 6.07) is 8.81. The van der Waals surface area contributed by atoms with E-state index in [4.69, 9.17) is 21.1 Å². The summed E-state index contributed by atoms with van der Waals surface area (Å²) >= 11 is 6.20. The summed E-state index contributed by atoms with van der Waals surface area (Å²) in [5, 5.41) is 5.99. The third-order valence-corrected chi connectivity index (χ3v) is 4.13. The molecule has 6 nitrogen and oxygen atoms in total. The Hall–Kier alpha value is -2.73. The Labute approximate surface area is 156 Å². The van der Waals surface area contributed by atoms with Crippen molar-refractivity contribution in [3.63, 3.8) is 0 Å². The Morgan fingerprint density at radius 3 is 2.65 bits per heavy atom.